The van der Waals surface area contributed by atoms with Crippen LogP contribution in [0.1, 0.15) is 35.1 Å². The number of ketones is 1. The molecule has 1 aliphatic rings. The van der Waals surface area contributed by atoms with E-state index in [2.05, 4.69) is 14.7 Å². The predicted octanol–water partition coefficient (Wildman–Crippen LogP) is 6.42. The first-order valence-corrected chi connectivity index (χ1v) is 13.3. The van der Waals surface area contributed by atoms with E-state index in [-0.39, 0.29) is 24.4 Å². The molecule has 0 amide bonds. The summed E-state index contributed by atoms with van der Waals surface area (Å²) < 4.78 is 15.0. The number of Topliss-reactive ketones (excluding diaryl/α,β-unsaturated/α-hetero) is 1. The van der Waals surface area contributed by atoms with E-state index in [9.17, 15) is 4.79 Å². The minimum absolute atomic E-state index is 0.0446. The number of hydrogen-bond acceptors (Lipinski definition) is 6. The molecule has 0 bridgehead atoms. The lowest BCUT2D eigenvalue weighted by molar-refractivity contribution is 0.0921. The van der Waals surface area contributed by atoms with Crippen LogP contribution in [0.15, 0.2) is 100 Å². The zero-order valence-corrected chi connectivity index (χ0v) is 22.3. The third-order valence-electron chi connectivity index (χ3n) is 7.11. The van der Waals surface area contributed by atoms with Crippen molar-refractivity contribution in [1.29, 1.82) is 0 Å². The quantitative estimate of drug-likeness (QED) is 0.141. The number of nitrogens with zero attached hydrogens (tertiary/aromatic N) is 4. The molecule has 8 nitrogen and oxygen atoms in total. The number of guanidine groups is 1. The van der Waals surface area contributed by atoms with E-state index in [1.165, 1.54) is 0 Å². The molecule has 200 valence electrons. The summed E-state index contributed by atoms with van der Waals surface area (Å²) in [5.74, 6) is 1.77. The summed E-state index contributed by atoms with van der Waals surface area (Å²) in [4.78, 5) is 19.2. The Kier molecular flexibility index (Phi) is 7.16. The van der Waals surface area contributed by atoms with Gasteiger partial charge in [-0.1, -0.05) is 78.0 Å². The van der Waals surface area contributed by atoms with Crippen LogP contribution in [0.25, 0.3) is 33.3 Å². The van der Waals surface area contributed by atoms with E-state index in [1.807, 2.05) is 95.9 Å². The molecule has 0 saturated carbocycles. The number of benzene rings is 4. The molecule has 0 spiro atoms. The lowest BCUT2D eigenvalue weighted by Gasteiger charge is -2.21. The second-order valence-corrected chi connectivity index (χ2v) is 9.80. The van der Waals surface area contributed by atoms with Crippen molar-refractivity contribution >= 4 is 34.3 Å². The van der Waals surface area contributed by atoms with E-state index in [1.54, 1.807) is 0 Å². The maximum atomic E-state index is 12.7. The number of nitrogens with two attached hydrogens (primary N) is 1. The van der Waals surface area contributed by atoms with Gasteiger partial charge < -0.3 is 19.9 Å². The van der Waals surface area contributed by atoms with Crippen LogP contribution in [0.4, 0.5) is 0 Å². The van der Waals surface area contributed by atoms with Crippen molar-refractivity contribution in [3.8, 4) is 28.3 Å². The fraction of sp³-hybridized carbons (Fsp3) is 0.161. The van der Waals surface area contributed by atoms with Crippen molar-refractivity contribution < 1.29 is 14.1 Å². The van der Waals surface area contributed by atoms with Crippen molar-refractivity contribution in [2.24, 2.45) is 10.2 Å². The Morgan fingerprint density at radius 2 is 1.70 bits per heavy atom. The molecule has 1 aromatic heterocycles. The first kappa shape index (κ1) is 25.6. The van der Waals surface area contributed by atoms with Crippen molar-refractivity contribution in [3.63, 3.8) is 0 Å². The molecule has 1 fully saturated rings. The summed E-state index contributed by atoms with van der Waals surface area (Å²) in [5.41, 5.74) is 9.53. The molecule has 4 aromatic carbocycles. The van der Waals surface area contributed by atoms with Gasteiger partial charge in [-0.3, -0.25) is 4.79 Å². The summed E-state index contributed by atoms with van der Waals surface area (Å²) >= 11 is 5.57. The van der Waals surface area contributed by atoms with Crippen molar-refractivity contribution in [1.82, 2.24) is 15.0 Å². The normalized spacial score (nSPS) is 15.5. The van der Waals surface area contributed by atoms with Crippen LogP contribution in [0.2, 0.25) is 0 Å². The molecule has 1 saturated heterocycles. The summed E-state index contributed by atoms with van der Waals surface area (Å²) in [6, 6.07) is 29.1. The summed E-state index contributed by atoms with van der Waals surface area (Å²) in [5, 5.41) is 6.14. The third kappa shape index (κ3) is 5.26. The van der Waals surface area contributed by atoms with Gasteiger partial charge in [0, 0.05) is 29.4 Å². The van der Waals surface area contributed by atoms with E-state index >= 15 is 0 Å². The maximum Gasteiger partial charge on any atom is 0.249 e. The van der Waals surface area contributed by atoms with Crippen LogP contribution in [0.5, 0.6) is 5.75 Å². The molecular weight excluding hydrogens is 526 g/mol. The van der Waals surface area contributed by atoms with Gasteiger partial charge in [0.2, 0.25) is 17.7 Å². The molecular formula is C31H26ClN5O3. The molecule has 1 atom stereocenters. The van der Waals surface area contributed by atoms with Gasteiger partial charge in [0.1, 0.15) is 11.8 Å². The van der Waals surface area contributed by atoms with E-state index < -0.39 is 0 Å². The highest BCUT2D eigenvalue weighted by Crippen LogP contribution is 2.33. The Labute approximate surface area is 236 Å². The summed E-state index contributed by atoms with van der Waals surface area (Å²) in [6.07, 6.45) is 1.76. The SMILES string of the molecule is N/C(=N/Cl)N1CCC[C@H]1c1nc(-c2ccc3cc(OCC(=O)c4ccc(-c5ccccc5)cc4)ccc3c2)no1. The number of likely N-dealkylation sites (tertiary alicyclic amines) is 1. The Bertz CT molecular complexity index is 1680. The molecule has 2 heterocycles. The molecule has 1 aliphatic heterocycles. The average Bonchev–Trinajstić information content (AvgIpc) is 3.70. The van der Waals surface area contributed by atoms with Crippen molar-refractivity contribution in [2.45, 2.75) is 18.9 Å². The van der Waals surface area contributed by atoms with Crippen LogP contribution in [-0.4, -0.2) is 39.9 Å². The smallest absolute Gasteiger partial charge is 0.249 e. The van der Waals surface area contributed by atoms with E-state index in [0.29, 0.717) is 23.0 Å². The zero-order valence-electron chi connectivity index (χ0n) is 21.5. The molecule has 2 N–H and O–H groups in total. The third-order valence-corrected chi connectivity index (χ3v) is 7.29. The highest BCUT2D eigenvalue weighted by Gasteiger charge is 2.32. The number of hydrogen-bond donors (Lipinski definition) is 1. The van der Waals surface area contributed by atoms with Gasteiger partial charge in [-0.25, -0.2) is 0 Å². The highest BCUT2D eigenvalue weighted by atomic mass is 35.5. The van der Waals surface area contributed by atoms with Gasteiger partial charge in [0.05, 0.1) is 0 Å². The molecule has 9 heteroatoms. The number of fused-ring (bicyclic) bond motifs is 1. The fourth-order valence-corrected chi connectivity index (χ4v) is 5.10. The largest absolute Gasteiger partial charge is 0.485 e. The molecule has 6 rings (SSSR count). The van der Waals surface area contributed by atoms with Gasteiger partial charge in [0.25, 0.3) is 0 Å². The summed E-state index contributed by atoms with van der Waals surface area (Å²) in [7, 11) is 0. The van der Waals surface area contributed by atoms with Crippen LogP contribution in [0, 0.1) is 0 Å². The molecule has 5 aromatic rings. The number of carbonyl (C=O) groups is 1. The van der Waals surface area contributed by atoms with Gasteiger partial charge in [0.15, 0.2) is 12.4 Å². The van der Waals surface area contributed by atoms with Gasteiger partial charge in [-0.2, -0.15) is 4.98 Å². The molecule has 0 aliphatic carbocycles. The Morgan fingerprint density at radius 3 is 2.50 bits per heavy atom. The first-order valence-electron chi connectivity index (χ1n) is 13.0. The second-order valence-electron chi connectivity index (χ2n) is 9.63. The second kappa shape index (κ2) is 11.2. The van der Waals surface area contributed by atoms with Gasteiger partial charge in [-0.15, -0.1) is 4.51 Å². The predicted molar refractivity (Wildman–Crippen MR) is 155 cm³/mol. The van der Waals surface area contributed by atoms with Crippen LogP contribution in [0.3, 0.4) is 0 Å². The number of halogens is 1. The monoisotopic (exact) mass is 551 g/mol. The molecule has 0 radical (unpaired) electrons. The summed E-state index contributed by atoms with van der Waals surface area (Å²) in [6.45, 7) is 0.688. The number of ether oxygens (including phenoxy) is 1. The highest BCUT2D eigenvalue weighted by molar-refractivity contribution is 6.19. The topological polar surface area (TPSA) is 107 Å². The lowest BCUT2D eigenvalue weighted by atomic mass is 10.0. The Morgan fingerprint density at radius 1 is 0.975 bits per heavy atom. The number of carbonyl (C=O) groups excluding carboxylic acids is 1. The fourth-order valence-electron chi connectivity index (χ4n) is 5.00. The number of rotatable bonds is 7. The Hall–Kier alpha value is -4.69. The lowest BCUT2D eigenvalue weighted by Crippen LogP contribution is -2.36. The van der Waals surface area contributed by atoms with Crippen molar-refractivity contribution in [3.05, 3.63) is 102 Å². The molecule has 40 heavy (non-hydrogen) atoms. The zero-order chi connectivity index (χ0) is 27.5. The average molecular weight is 552 g/mol. The maximum absolute atomic E-state index is 12.7. The van der Waals surface area contributed by atoms with Gasteiger partial charge >= 0.3 is 0 Å². The standard InChI is InChI=1S/C31H26ClN5O3/c32-35-31(33)37-16-4-7-27(37)30-34-29(36-40-30)25-13-12-24-18-26(15-14-23(24)17-25)39-19-28(38)22-10-8-21(9-11-22)20-5-2-1-3-6-20/h1-3,5-6,8-15,17-18,27H,4,7,16,19H2,(H2,33,35)/t27-/m0/s1. The van der Waals surface area contributed by atoms with Crippen LogP contribution in [-0.2, 0) is 0 Å². The van der Waals surface area contributed by atoms with Crippen LogP contribution >= 0.6 is 11.8 Å². The molecule has 0 unspecified atom stereocenters. The van der Waals surface area contributed by atoms with Crippen molar-refractivity contribution in [2.75, 3.05) is 13.2 Å². The van der Waals surface area contributed by atoms with E-state index in [4.69, 9.17) is 26.8 Å². The van der Waals surface area contributed by atoms with E-state index in [0.717, 1.165) is 46.8 Å². The Balaban J connectivity index is 1.12. The number of aromatic nitrogens is 2. The van der Waals surface area contributed by atoms with Crippen LogP contribution < -0.4 is 10.5 Å². The minimum atomic E-state index is -0.145. The minimum Gasteiger partial charge on any atom is -0.485 e. The van der Waals surface area contributed by atoms with Gasteiger partial charge in [-0.05, 0) is 52.9 Å². The first-order chi connectivity index (χ1) is 19.6.